The Morgan fingerprint density at radius 3 is 2.90 bits per heavy atom. The van der Waals surface area contributed by atoms with E-state index < -0.39 is 0 Å². The van der Waals surface area contributed by atoms with Crippen molar-refractivity contribution in [3.8, 4) is 0 Å². The second-order valence-corrected chi connectivity index (χ2v) is 5.68. The summed E-state index contributed by atoms with van der Waals surface area (Å²) >= 11 is 5.38. The topological polar surface area (TPSA) is 50.3 Å². The third kappa shape index (κ3) is 2.87. The second kappa shape index (κ2) is 5.99. The molecule has 2 aromatic rings. The number of ether oxygens (including phenoxy) is 1. The Balaban J connectivity index is 1.76. The molecule has 5 nitrogen and oxygen atoms in total. The third-order valence-corrected chi connectivity index (χ3v) is 4.25. The van der Waals surface area contributed by atoms with Gasteiger partial charge >= 0.3 is 0 Å². The van der Waals surface area contributed by atoms with Crippen molar-refractivity contribution in [2.24, 2.45) is 0 Å². The van der Waals surface area contributed by atoms with Gasteiger partial charge in [0, 0.05) is 26.1 Å². The van der Waals surface area contributed by atoms with Crippen LogP contribution in [0.1, 0.15) is 12.0 Å². The number of aryl methyl sites for hydroxylation is 2. The number of H-pyrrole nitrogens is 1. The summed E-state index contributed by atoms with van der Waals surface area (Å²) in [5.74, 6) is 0.169. The number of para-hydroxylation sites is 1. The van der Waals surface area contributed by atoms with Gasteiger partial charge in [-0.25, -0.2) is 0 Å². The van der Waals surface area contributed by atoms with Crippen LogP contribution in [0.5, 0.6) is 0 Å². The molecule has 6 heteroatoms. The number of benzene rings is 1. The standard InChI is InChI=1S/C15H19N3O2S/c1-11-3-2-4-12-14(11)16-15(21)18(12)6-5-13(19)17-7-9-20-10-8-17/h2-4H,5-10H2,1H3,(H,16,21). The van der Waals surface area contributed by atoms with Crippen LogP contribution in [-0.2, 0) is 16.1 Å². The Kier molecular flexibility index (Phi) is 4.07. The quantitative estimate of drug-likeness (QED) is 0.885. The van der Waals surface area contributed by atoms with Crippen LogP contribution < -0.4 is 0 Å². The molecule has 1 aromatic carbocycles. The first-order valence-electron chi connectivity index (χ1n) is 7.20. The van der Waals surface area contributed by atoms with E-state index in [1.165, 1.54) is 0 Å². The molecule has 1 aliphatic heterocycles. The first-order valence-corrected chi connectivity index (χ1v) is 7.61. The molecular weight excluding hydrogens is 286 g/mol. The minimum absolute atomic E-state index is 0.169. The third-order valence-electron chi connectivity index (χ3n) is 3.93. The summed E-state index contributed by atoms with van der Waals surface area (Å²) in [5, 5.41) is 0. The minimum atomic E-state index is 0.169. The number of amides is 1. The first kappa shape index (κ1) is 14.3. The van der Waals surface area contributed by atoms with Crippen molar-refractivity contribution in [2.75, 3.05) is 26.3 Å². The number of fused-ring (bicyclic) bond motifs is 1. The number of aromatic amines is 1. The molecule has 0 radical (unpaired) electrons. The van der Waals surface area contributed by atoms with E-state index in [9.17, 15) is 4.79 Å². The van der Waals surface area contributed by atoms with Crippen LogP contribution in [0.2, 0.25) is 0 Å². The maximum absolute atomic E-state index is 12.2. The van der Waals surface area contributed by atoms with Gasteiger partial charge in [-0.15, -0.1) is 0 Å². The molecule has 21 heavy (non-hydrogen) atoms. The lowest BCUT2D eigenvalue weighted by molar-refractivity contribution is -0.135. The van der Waals surface area contributed by atoms with Crippen LogP contribution >= 0.6 is 12.2 Å². The average molecular weight is 305 g/mol. The highest BCUT2D eigenvalue weighted by Crippen LogP contribution is 2.18. The monoisotopic (exact) mass is 305 g/mol. The normalized spacial score (nSPS) is 15.6. The fourth-order valence-corrected chi connectivity index (χ4v) is 3.02. The van der Waals surface area contributed by atoms with E-state index in [1.807, 2.05) is 21.6 Å². The van der Waals surface area contributed by atoms with E-state index in [2.05, 4.69) is 18.0 Å². The minimum Gasteiger partial charge on any atom is -0.378 e. The van der Waals surface area contributed by atoms with Crippen LogP contribution in [0, 0.1) is 11.7 Å². The van der Waals surface area contributed by atoms with Crippen molar-refractivity contribution in [3.63, 3.8) is 0 Å². The van der Waals surface area contributed by atoms with Crippen LogP contribution in [0.15, 0.2) is 18.2 Å². The van der Waals surface area contributed by atoms with Crippen molar-refractivity contribution in [1.29, 1.82) is 0 Å². The lowest BCUT2D eigenvalue weighted by Crippen LogP contribution is -2.40. The highest BCUT2D eigenvalue weighted by molar-refractivity contribution is 7.71. The zero-order chi connectivity index (χ0) is 14.8. The smallest absolute Gasteiger partial charge is 0.224 e. The Labute approximate surface area is 128 Å². The Bertz CT molecular complexity index is 713. The van der Waals surface area contributed by atoms with Gasteiger partial charge < -0.3 is 19.2 Å². The van der Waals surface area contributed by atoms with Gasteiger partial charge in [0.1, 0.15) is 0 Å². The number of morpholine rings is 1. The molecule has 0 atom stereocenters. The molecule has 2 heterocycles. The number of nitrogens with one attached hydrogen (secondary N) is 1. The van der Waals surface area contributed by atoms with Gasteiger partial charge in [0.05, 0.1) is 24.2 Å². The molecule has 0 spiro atoms. The highest BCUT2D eigenvalue weighted by Gasteiger charge is 2.17. The average Bonchev–Trinajstić information content (AvgIpc) is 2.83. The van der Waals surface area contributed by atoms with Gasteiger partial charge in [-0.1, -0.05) is 12.1 Å². The highest BCUT2D eigenvalue weighted by atomic mass is 32.1. The molecule has 0 saturated carbocycles. The van der Waals surface area contributed by atoms with Crippen molar-refractivity contribution in [1.82, 2.24) is 14.5 Å². The van der Waals surface area contributed by atoms with E-state index in [0.717, 1.165) is 16.6 Å². The van der Waals surface area contributed by atoms with E-state index in [4.69, 9.17) is 17.0 Å². The first-order chi connectivity index (χ1) is 10.2. The van der Waals surface area contributed by atoms with Crippen molar-refractivity contribution >= 4 is 29.2 Å². The predicted octanol–water partition coefficient (Wildman–Crippen LogP) is 2.26. The van der Waals surface area contributed by atoms with E-state index in [0.29, 0.717) is 44.0 Å². The van der Waals surface area contributed by atoms with Gasteiger partial charge in [-0.3, -0.25) is 4.79 Å². The number of hydrogen-bond donors (Lipinski definition) is 1. The second-order valence-electron chi connectivity index (χ2n) is 5.29. The van der Waals surface area contributed by atoms with Crippen LogP contribution in [-0.4, -0.2) is 46.7 Å². The summed E-state index contributed by atoms with van der Waals surface area (Å²) in [6.07, 6.45) is 0.467. The van der Waals surface area contributed by atoms with Crippen LogP contribution in [0.4, 0.5) is 0 Å². The summed E-state index contributed by atoms with van der Waals surface area (Å²) in [6.45, 7) is 5.32. The molecule has 1 aromatic heterocycles. The maximum Gasteiger partial charge on any atom is 0.224 e. The summed E-state index contributed by atoms with van der Waals surface area (Å²) in [7, 11) is 0. The largest absolute Gasteiger partial charge is 0.378 e. The molecule has 112 valence electrons. The number of carbonyl (C=O) groups excluding carboxylic acids is 1. The summed E-state index contributed by atoms with van der Waals surface area (Å²) < 4.78 is 7.95. The van der Waals surface area contributed by atoms with Crippen molar-refractivity contribution < 1.29 is 9.53 Å². The molecule has 0 aliphatic carbocycles. The van der Waals surface area contributed by atoms with Crippen LogP contribution in [0.25, 0.3) is 11.0 Å². The van der Waals surface area contributed by atoms with Gasteiger partial charge in [-0.05, 0) is 30.8 Å². The summed E-state index contributed by atoms with van der Waals surface area (Å²) in [6, 6.07) is 6.10. The molecule has 3 rings (SSSR count). The lowest BCUT2D eigenvalue weighted by atomic mass is 10.2. The molecular formula is C15H19N3O2S. The van der Waals surface area contributed by atoms with E-state index in [1.54, 1.807) is 0 Å². The molecule has 1 saturated heterocycles. The number of carbonyl (C=O) groups is 1. The van der Waals surface area contributed by atoms with Crippen molar-refractivity contribution in [3.05, 3.63) is 28.5 Å². The van der Waals surface area contributed by atoms with Crippen molar-refractivity contribution in [2.45, 2.75) is 19.9 Å². The Morgan fingerprint density at radius 1 is 1.38 bits per heavy atom. The number of hydrogen-bond acceptors (Lipinski definition) is 3. The number of nitrogens with zero attached hydrogens (tertiary/aromatic N) is 2. The molecule has 1 fully saturated rings. The molecule has 1 aliphatic rings. The number of aromatic nitrogens is 2. The SMILES string of the molecule is Cc1cccc2c1[nH]c(=S)n2CCC(=O)N1CCOCC1. The predicted molar refractivity (Wildman–Crippen MR) is 83.9 cm³/mol. The van der Waals surface area contributed by atoms with Gasteiger partial charge in [0.25, 0.3) is 0 Å². The molecule has 0 unspecified atom stereocenters. The molecule has 1 amide bonds. The van der Waals surface area contributed by atoms with E-state index in [-0.39, 0.29) is 5.91 Å². The van der Waals surface area contributed by atoms with E-state index >= 15 is 0 Å². The number of imidazole rings is 1. The van der Waals surface area contributed by atoms with Gasteiger partial charge in [0.15, 0.2) is 4.77 Å². The fraction of sp³-hybridized carbons (Fsp3) is 0.467. The van der Waals surface area contributed by atoms with Gasteiger partial charge in [0.2, 0.25) is 5.91 Å². The molecule has 1 N–H and O–H groups in total. The molecule has 0 bridgehead atoms. The zero-order valence-electron chi connectivity index (χ0n) is 12.1. The Morgan fingerprint density at radius 2 is 2.14 bits per heavy atom. The van der Waals surface area contributed by atoms with Crippen LogP contribution in [0.3, 0.4) is 0 Å². The van der Waals surface area contributed by atoms with Gasteiger partial charge in [-0.2, -0.15) is 0 Å². The summed E-state index contributed by atoms with van der Waals surface area (Å²) in [5.41, 5.74) is 3.29. The number of rotatable bonds is 3. The zero-order valence-corrected chi connectivity index (χ0v) is 12.9. The summed E-state index contributed by atoms with van der Waals surface area (Å²) in [4.78, 5) is 17.3. The Hall–Kier alpha value is -1.66. The maximum atomic E-state index is 12.2. The lowest BCUT2D eigenvalue weighted by Gasteiger charge is -2.26. The fourth-order valence-electron chi connectivity index (χ4n) is 2.72.